The van der Waals surface area contributed by atoms with Gasteiger partial charge in [-0.25, -0.2) is 4.79 Å². The van der Waals surface area contributed by atoms with E-state index in [0.717, 1.165) is 11.1 Å². The van der Waals surface area contributed by atoms with Crippen molar-refractivity contribution in [1.82, 2.24) is 15.0 Å². The monoisotopic (exact) mass is 349 g/mol. The van der Waals surface area contributed by atoms with Gasteiger partial charge < -0.3 is 14.2 Å². The van der Waals surface area contributed by atoms with Crippen molar-refractivity contribution in [2.75, 3.05) is 14.2 Å². The summed E-state index contributed by atoms with van der Waals surface area (Å²) in [7, 11) is 2.98. The smallest absolute Gasteiger partial charge is 0.341 e. The Hall–Kier alpha value is -3.48. The number of aromatic nitrogens is 3. The van der Waals surface area contributed by atoms with Gasteiger partial charge in [-0.15, -0.1) is 0 Å². The van der Waals surface area contributed by atoms with Crippen molar-refractivity contribution in [2.24, 2.45) is 0 Å². The van der Waals surface area contributed by atoms with E-state index in [1.807, 2.05) is 30.3 Å². The highest BCUT2D eigenvalue weighted by Crippen LogP contribution is 2.38. The summed E-state index contributed by atoms with van der Waals surface area (Å²) in [6.07, 6.45) is 0.832. The molecule has 0 amide bonds. The highest BCUT2D eigenvalue weighted by Gasteiger charge is 2.38. The Morgan fingerprint density at radius 1 is 1.00 bits per heavy atom. The van der Waals surface area contributed by atoms with Gasteiger partial charge in [0.15, 0.2) is 5.82 Å². The predicted octanol–water partition coefficient (Wildman–Crippen LogP) is 2.82. The van der Waals surface area contributed by atoms with E-state index in [2.05, 4.69) is 15.0 Å². The van der Waals surface area contributed by atoms with E-state index in [0.29, 0.717) is 23.0 Å². The number of fused-ring (bicyclic) bond motifs is 1. The number of hydrogen-bond donors (Lipinski definition) is 0. The van der Waals surface area contributed by atoms with Crippen LogP contribution in [0.1, 0.15) is 28.0 Å². The standard InChI is InChI=1S/C19H15N3O4/c1-24-13-10-14(25-2)22-18(21-13)17-16-15(19(23)26-17)12(8-9-20-16)11-6-4-3-5-7-11/h3-10,17H,1-2H3. The third kappa shape index (κ3) is 2.63. The molecule has 4 rings (SSSR count). The Morgan fingerprint density at radius 2 is 1.69 bits per heavy atom. The Labute approximate surface area is 149 Å². The van der Waals surface area contributed by atoms with Crippen molar-refractivity contribution in [2.45, 2.75) is 6.10 Å². The first kappa shape index (κ1) is 16.0. The van der Waals surface area contributed by atoms with E-state index < -0.39 is 12.1 Å². The summed E-state index contributed by atoms with van der Waals surface area (Å²) in [5.41, 5.74) is 2.58. The van der Waals surface area contributed by atoms with Crippen LogP contribution in [0.2, 0.25) is 0 Å². The van der Waals surface area contributed by atoms with Crippen LogP contribution in [0.4, 0.5) is 0 Å². The van der Waals surface area contributed by atoms with Crippen LogP contribution in [0.3, 0.4) is 0 Å². The largest absolute Gasteiger partial charge is 0.481 e. The summed E-state index contributed by atoms with van der Waals surface area (Å²) in [5, 5.41) is 0. The summed E-state index contributed by atoms with van der Waals surface area (Å²) >= 11 is 0. The lowest BCUT2D eigenvalue weighted by Crippen LogP contribution is -2.09. The molecule has 1 atom stereocenters. The number of pyridine rings is 1. The maximum atomic E-state index is 12.6. The van der Waals surface area contributed by atoms with E-state index in [-0.39, 0.29) is 5.82 Å². The molecule has 2 aromatic heterocycles. The van der Waals surface area contributed by atoms with Crippen molar-refractivity contribution < 1.29 is 19.0 Å². The second-order valence-corrected chi connectivity index (χ2v) is 5.58. The molecule has 0 aliphatic carbocycles. The normalized spacial score (nSPS) is 15.3. The molecule has 0 bridgehead atoms. The quantitative estimate of drug-likeness (QED) is 0.670. The summed E-state index contributed by atoms with van der Waals surface area (Å²) in [6, 6.07) is 13.0. The third-order valence-electron chi connectivity index (χ3n) is 4.09. The van der Waals surface area contributed by atoms with Gasteiger partial charge >= 0.3 is 5.97 Å². The van der Waals surface area contributed by atoms with Crippen molar-refractivity contribution in [3.05, 3.63) is 65.7 Å². The van der Waals surface area contributed by atoms with Crippen molar-refractivity contribution in [3.8, 4) is 22.9 Å². The molecule has 7 nitrogen and oxygen atoms in total. The molecule has 0 saturated carbocycles. The minimum Gasteiger partial charge on any atom is -0.481 e. The molecule has 1 aromatic carbocycles. The van der Waals surface area contributed by atoms with E-state index in [4.69, 9.17) is 14.2 Å². The van der Waals surface area contributed by atoms with Crippen molar-refractivity contribution in [3.63, 3.8) is 0 Å². The minimum atomic E-state index is -0.815. The zero-order valence-electron chi connectivity index (χ0n) is 14.2. The molecule has 0 saturated heterocycles. The number of rotatable bonds is 4. The highest BCUT2D eigenvalue weighted by atomic mass is 16.6. The van der Waals surface area contributed by atoms with E-state index in [9.17, 15) is 4.79 Å². The summed E-state index contributed by atoms with van der Waals surface area (Å²) in [5.74, 6) is 0.430. The van der Waals surface area contributed by atoms with E-state index in [1.165, 1.54) is 14.2 Å². The number of carbonyl (C=O) groups excluding carboxylic acids is 1. The van der Waals surface area contributed by atoms with Gasteiger partial charge in [0.2, 0.25) is 17.9 Å². The van der Waals surface area contributed by atoms with Gasteiger partial charge in [-0.3, -0.25) is 4.98 Å². The van der Waals surface area contributed by atoms with Gasteiger partial charge in [0, 0.05) is 6.20 Å². The molecular formula is C19H15N3O4. The topological polar surface area (TPSA) is 83.4 Å². The Kier molecular flexibility index (Phi) is 3.96. The molecule has 0 N–H and O–H groups in total. The zero-order chi connectivity index (χ0) is 18.1. The lowest BCUT2D eigenvalue weighted by molar-refractivity contribution is 0.0437. The van der Waals surface area contributed by atoms with Crippen LogP contribution < -0.4 is 9.47 Å². The summed E-state index contributed by atoms with van der Waals surface area (Å²) in [6.45, 7) is 0. The van der Waals surface area contributed by atoms with Crippen molar-refractivity contribution in [1.29, 1.82) is 0 Å². The average molecular weight is 349 g/mol. The van der Waals surface area contributed by atoms with Gasteiger partial charge in [-0.05, 0) is 17.2 Å². The lowest BCUT2D eigenvalue weighted by atomic mass is 9.99. The fourth-order valence-corrected chi connectivity index (χ4v) is 2.89. The fraction of sp³-hybridized carbons (Fsp3) is 0.158. The number of carbonyl (C=O) groups is 1. The second-order valence-electron chi connectivity index (χ2n) is 5.58. The van der Waals surface area contributed by atoms with Crippen LogP contribution in [0, 0.1) is 0 Å². The number of methoxy groups -OCH3 is 2. The minimum absolute atomic E-state index is 0.256. The predicted molar refractivity (Wildman–Crippen MR) is 92.1 cm³/mol. The highest BCUT2D eigenvalue weighted by molar-refractivity contribution is 6.00. The number of hydrogen-bond acceptors (Lipinski definition) is 7. The summed E-state index contributed by atoms with van der Waals surface area (Å²) < 4.78 is 15.9. The molecule has 3 heterocycles. The molecule has 0 spiro atoms. The number of ether oxygens (including phenoxy) is 3. The second kappa shape index (κ2) is 6.44. The van der Waals surface area contributed by atoms with Crippen LogP contribution in [0.25, 0.3) is 11.1 Å². The first-order valence-corrected chi connectivity index (χ1v) is 7.93. The maximum Gasteiger partial charge on any atom is 0.341 e. The zero-order valence-corrected chi connectivity index (χ0v) is 14.2. The molecule has 1 unspecified atom stereocenters. The molecule has 130 valence electrons. The number of nitrogens with zero attached hydrogens (tertiary/aromatic N) is 3. The van der Waals surface area contributed by atoms with Gasteiger partial charge in [-0.2, -0.15) is 9.97 Å². The lowest BCUT2D eigenvalue weighted by Gasteiger charge is -2.11. The van der Waals surface area contributed by atoms with Crippen LogP contribution in [-0.2, 0) is 4.74 Å². The van der Waals surface area contributed by atoms with Crippen LogP contribution >= 0.6 is 0 Å². The van der Waals surface area contributed by atoms with Gasteiger partial charge in [0.1, 0.15) is 5.69 Å². The van der Waals surface area contributed by atoms with Crippen LogP contribution in [-0.4, -0.2) is 35.1 Å². The molecule has 3 aromatic rings. The Morgan fingerprint density at radius 3 is 2.35 bits per heavy atom. The van der Waals surface area contributed by atoms with Crippen molar-refractivity contribution >= 4 is 5.97 Å². The van der Waals surface area contributed by atoms with Gasteiger partial charge in [-0.1, -0.05) is 30.3 Å². The molecule has 26 heavy (non-hydrogen) atoms. The molecule has 0 fully saturated rings. The van der Waals surface area contributed by atoms with E-state index >= 15 is 0 Å². The van der Waals surface area contributed by atoms with E-state index in [1.54, 1.807) is 18.3 Å². The number of cyclic esters (lactones) is 1. The number of esters is 1. The van der Waals surface area contributed by atoms with Crippen LogP contribution in [0.5, 0.6) is 11.8 Å². The van der Waals surface area contributed by atoms with Crippen LogP contribution in [0.15, 0.2) is 48.7 Å². The molecule has 1 aliphatic heterocycles. The Balaban J connectivity index is 1.85. The molecule has 1 aliphatic rings. The third-order valence-corrected chi connectivity index (χ3v) is 4.09. The molecule has 0 radical (unpaired) electrons. The number of benzene rings is 1. The molecule has 7 heteroatoms. The Bertz CT molecular complexity index is 954. The fourth-order valence-electron chi connectivity index (χ4n) is 2.89. The molecular weight excluding hydrogens is 334 g/mol. The first-order chi connectivity index (χ1) is 12.7. The SMILES string of the molecule is COc1cc(OC)nc(C2OC(=O)c3c(-c4ccccc4)ccnc32)n1. The van der Waals surface area contributed by atoms with Gasteiger partial charge in [0.05, 0.1) is 25.8 Å². The summed E-state index contributed by atoms with van der Waals surface area (Å²) in [4.78, 5) is 25.5. The first-order valence-electron chi connectivity index (χ1n) is 7.93. The van der Waals surface area contributed by atoms with Gasteiger partial charge in [0.25, 0.3) is 0 Å². The maximum absolute atomic E-state index is 12.6. The average Bonchev–Trinajstić information content (AvgIpc) is 3.05.